The third kappa shape index (κ3) is 1.61. The predicted molar refractivity (Wildman–Crippen MR) is 42.0 cm³/mol. The van der Waals surface area contributed by atoms with E-state index in [2.05, 4.69) is 21.9 Å². The first-order valence-electron chi connectivity index (χ1n) is 3.86. The van der Waals surface area contributed by atoms with E-state index >= 15 is 0 Å². The lowest BCUT2D eigenvalue weighted by molar-refractivity contribution is 0.123. The standard InChI is InChI=1S/C8H12N2O/c1-2-4-9(3-1)7-10-5-6-11-8-10/h1-4H,5-8H2. The Morgan fingerprint density at radius 2 is 2.09 bits per heavy atom. The molecule has 1 aliphatic heterocycles. The number of ether oxygens (including phenoxy) is 1. The van der Waals surface area contributed by atoms with Gasteiger partial charge in [0.25, 0.3) is 0 Å². The lowest BCUT2D eigenvalue weighted by Gasteiger charge is -2.12. The topological polar surface area (TPSA) is 17.4 Å². The molecule has 3 nitrogen and oxygen atoms in total. The Labute approximate surface area is 66.2 Å². The highest BCUT2D eigenvalue weighted by molar-refractivity contribution is 4.90. The van der Waals surface area contributed by atoms with E-state index in [0.29, 0.717) is 0 Å². The fourth-order valence-electron chi connectivity index (χ4n) is 1.26. The molecule has 0 atom stereocenters. The molecule has 1 aromatic rings. The normalized spacial score (nSPS) is 19.3. The summed E-state index contributed by atoms with van der Waals surface area (Å²) in [6, 6.07) is 4.08. The predicted octanol–water partition coefficient (Wildman–Crippen LogP) is 0.735. The van der Waals surface area contributed by atoms with Crippen molar-refractivity contribution in [3.63, 3.8) is 0 Å². The summed E-state index contributed by atoms with van der Waals surface area (Å²) in [4.78, 5) is 2.26. The molecule has 0 spiro atoms. The molecular formula is C8H12N2O. The van der Waals surface area contributed by atoms with Gasteiger partial charge in [0, 0.05) is 18.9 Å². The molecule has 0 N–H and O–H groups in total. The smallest absolute Gasteiger partial charge is 0.101 e. The van der Waals surface area contributed by atoms with Crippen LogP contribution < -0.4 is 0 Å². The van der Waals surface area contributed by atoms with Crippen LogP contribution in [-0.4, -0.2) is 29.3 Å². The van der Waals surface area contributed by atoms with Crippen molar-refractivity contribution < 1.29 is 4.74 Å². The molecule has 0 aromatic carbocycles. The van der Waals surface area contributed by atoms with Gasteiger partial charge in [0.15, 0.2) is 0 Å². The molecule has 1 aliphatic rings. The second kappa shape index (κ2) is 3.07. The SMILES string of the molecule is c1ccn(CN2CCOC2)c1. The average Bonchev–Trinajstić information content (AvgIpc) is 2.60. The van der Waals surface area contributed by atoms with E-state index in [-0.39, 0.29) is 0 Å². The van der Waals surface area contributed by atoms with Crippen molar-refractivity contribution in [2.75, 3.05) is 19.9 Å². The van der Waals surface area contributed by atoms with Crippen LogP contribution in [-0.2, 0) is 11.4 Å². The van der Waals surface area contributed by atoms with Crippen LogP contribution in [0.15, 0.2) is 24.5 Å². The lowest BCUT2D eigenvalue weighted by atomic mass is 10.6. The summed E-state index contributed by atoms with van der Waals surface area (Å²) in [6.45, 7) is 3.66. The van der Waals surface area contributed by atoms with Gasteiger partial charge in [-0.2, -0.15) is 0 Å². The van der Waals surface area contributed by atoms with Crippen LogP contribution in [0.5, 0.6) is 0 Å². The Balaban J connectivity index is 1.90. The summed E-state index contributed by atoms with van der Waals surface area (Å²) in [5.41, 5.74) is 0. The zero-order valence-electron chi connectivity index (χ0n) is 6.44. The van der Waals surface area contributed by atoms with Crippen molar-refractivity contribution in [3.05, 3.63) is 24.5 Å². The van der Waals surface area contributed by atoms with Gasteiger partial charge in [-0.1, -0.05) is 0 Å². The number of nitrogens with zero attached hydrogens (tertiary/aromatic N) is 2. The van der Waals surface area contributed by atoms with Gasteiger partial charge in [-0.25, -0.2) is 0 Å². The maximum atomic E-state index is 5.22. The summed E-state index contributed by atoms with van der Waals surface area (Å²) < 4.78 is 7.37. The van der Waals surface area contributed by atoms with Crippen LogP contribution >= 0.6 is 0 Å². The Kier molecular flexibility index (Phi) is 1.92. The van der Waals surface area contributed by atoms with Crippen LogP contribution in [0.25, 0.3) is 0 Å². The number of rotatable bonds is 2. The van der Waals surface area contributed by atoms with Gasteiger partial charge in [0.2, 0.25) is 0 Å². The Morgan fingerprint density at radius 1 is 1.27 bits per heavy atom. The Hall–Kier alpha value is -0.800. The Morgan fingerprint density at radius 3 is 2.73 bits per heavy atom. The maximum Gasteiger partial charge on any atom is 0.101 e. The van der Waals surface area contributed by atoms with E-state index in [1.54, 1.807) is 0 Å². The first kappa shape index (κ1) is 6.88. The van der Waals surface area contributed by atoms with Crippen LogP contribution in [0.1, 0.15) is 0 Å². The summed E-state index contributed by atoms with van der Waals surface area (Å²) in [5, 5.41) is 0. The third-order valence-electron chi connectivity index (χ3n) is 1.86. The quantitative estimate of drug-likeness (QED) is 0.621. The number of hydrogen-bond donors (Lipinski definition) is 0. The molecule has 0 radical (unpaired) electrons. The first-order chi connectivity index (χ1) is 5.45. The highest BCUT2D eigenvalue weighted by Gasteiger charge is 2.10. The second-order valence-electron chi connectivity index (χ2n) is 2.77. The van der Waals surface area contributed by atoms with Gasteiger partial charge in [-0.05, 0) is 12.1 Å². The lowest BCUT2D eigenvalue weighted by Crippen LogP contribution is -2.22. The minimum absolute atomic E-state index is 0.776. The van der Waals surface area contributed by atoms with Crippen molar-refractivity contribution >= 4 is 0 Å². The zero-order chi connectivity index (χ0) is 7.52. The minimum Gasteiger partial charge on any atom is -0.365 e. The highest BCUT2D eigenvalue weighted by Crippen LogP contribution is 2.01. The zero-order valence-corrected chi connectivity index (χ0v) is 6.44. The molecular weight excluding hydrogens is 140 g/mol. The molecule has 0 saturated carbocycles. The summed E-state index contributed by atoms with van der Waals surface area (Å²) >= 11 is 0. The van der Waals surface area contributed by atoms with Crippen molar-refractivity contribution in [1.82, 2.24) is 9.47 Å². The average molecular weight is 152 g/mol. The van der Waals surface area contributed by atoms with Crippen LogP contribution in [0, 0.1) is 0 Å². The largest absolute Gasteiger partial charge is 0.365 e. The molecule has 1 saturated heterocycles. The third-order valence-corrected chi connectivity index (χ3v) is 1.86. The van der Waals surface area contributed by atoms with Gasteiger partial charge in [0.1, 0.15) is 6.73 Å². The first-order valence-corrected chi connectivity index (χ1v) is 3.86. The van der Waals surface area contributed by atoms with Gasteiger partial charge < -0.3 is 9.30 Å². The van der Waals surface area contributed by atoms with Gasteiger partial charge in [-0.3, -0.25) is 4.90 Å². The maximum absolute atomic E-state index is 5.22. The van der Waals surface area contributed by atoms with Gasteiger partial charge in [0.05, 0.1) is 13.3 Å². The summed E-state index contributed by atoms with van der Waals surface area (Å²) in [5.74, 6) is 0. The molecule has 60 valence electrons. The van der Waals surface area contributed by atoms with E-state index < -0.39 is 0 Å². The number of hydrogen-bond acceptors (Lipinski definition) is 2. The monoisotopic (exact) mass is 152 g/mol. The molecule has 1 fully saturated rings. The second-order valence-corrected chi connectivity index (χ2v) is 2.77. The van der Waals surface area contributed by atoms with Gasteiger partial charge >= 0.3 is 0 Å². The van der Waals surface area contributed by atoms with Crippen LogP contribution in [0.4, 0.5) is 0 Å². The van der Waals surface area contributed by atoms with E-state index in [1.165, 1.54) is 0 Å². The van der Waals surface area contributed by atoms with E-state index in [1.807, 2.05) is 12.1 Å². The van der Waals surface area contributed by atoms with Gasteiger partial charge in [-0.15, -0.1) is 0 Å². The fraction of sp³-hybridized carbons (Fsp3) is 0.500. The number of aromatic nitrogens is 1. The Bertz CT molecular complexity index is 202. The molecule has 0 bridgehead atoms. The fourth-order valence-corrected chi connectivity index (χ4v) is 1.26. The summed E-state index contributed by atoms with van der Waals surface area (Å²) in [7, 11) is 0. The van der Waals surface area contributed by atoms with Crippen LogP contribution in [0.2, 0.25) is 0 Å². The molecule has 11 heavy (non-hydrogen) atoms. The molecule has 0 aliphatic carbocycles. The molecule has 0 amide bonds. The van der Waals surface area contributed by atoms with E-state index in [4.69, 9.17) is 4.74 Å². The minimum atomic E-state index is 0.776. The molecule has 2 rings (SSSR count). The van der Waals surface area contributed by atoms with E-state index in [0.717, 1.165) is 26.6 Å². The summed E-state index contributed by atoms with van der Waals surface area (Å²) in [6.07, 6.45) is 4.14. The molecule has 0 unspecified atom stereocenters. The van der Waals surface area contributed by atoms with Crippen molar-refractivity contribution in [3.8, 4) is 0 Å². The van der Waals surface area contributed by atoms with E-state index in [9.17, 15) is 0 Å². The molecule has 3 heteroatoms. The van der Waals surface area contributed by atoms with Crippen LogP contribution in [0.3, 0.4) is 0 Å². The highest BCUT2D eigenvalue weighted by atomic mass is 16.5. The molecule has 1 aromatic heterocycles. The van der Waals surface area contributed by atoms with Crippen molar-refractivity contribution in [2.24, 2.45) is 0 Å². The molecule has 2 heterocycles. The van der Waals surface area contributed by atoms with Crippen molar-refractivity contribution in [2.45, 2.75) is 6.67 Å². The van der Waals surface area contributed by atoms with Crippen molar-refractivity contribution in [1.29, 1.82) is 0 Å².